The van der Waals surface area contributed by atoms with Gasteiger partial charge in [0.1, 0.15) is 11.2 Å². The minimum Gasteiger partial charge on any atom is -0.464 e. The highest BCUT2D eigenvalue weighted by atomic mass is 32.2. The highest BCUT2D eigenvalue weighted by molar-refractivity contribution is 7.98. The largest absolute Gasteiger partial charge is 0.464 e. The van der Waals surface area contributed by atoms with Gasteiger partial charge in [0.15, 0.2) is 5.09 Å². The predicted octanol–water partition coefficient (Wildman–Crippen LogP) is 7.36. The zero-order chi connectivity index (χ0) is 17.3. The van der Waals surface area contributed by atoms with Crippen molar-refractivity contribution in [2.75, 3.05) is 6.26 Å². The van der Waals surface area contributed by atoms with Gasteiger partial charge in [-0.2, -0.15) is 0 Å². The van der Waals surface area contributed by atoms with Crippen molar-refractivity contribution in [3.63, 3.8) is 0 Å². The van der Waals surface area contributed by atoms with Gasteiger partial charge in [-0.15, -0.1) is 0 Å². The van der Waals surface area contributed by atoms with Gasteiger partial charge in [-0.25, -0.2) is 0 Å². The SMILES string of the molecule is CSc1cc2cc3c(ccc4c5cc6ccoc6cc5ccc34)cc2o1. The highest BCUT2D eigenvalue weighted by Gasteiger charge is 2.10. The van der Waals surface area contributed by atoms with Crippen molar-refractivity contribution in [2.24, 2.45) is 0 Å². The zero-order valence-corrected chi connectivity index (χ0v) is 14.9. The summed E-state index contributed by atoms with van der Waals surface area (Å²) in [5.41, 5.74) is 1.88. The molecule has 2 nitrogen and oxygen atoms in total. The van der Waals surface area contributed by atoms with Crippen LogP contribution in [0.1, 0.15) is 0 Å². The Hall–Kier alpha value is -2.91. The molecule has 0 bridgehead atoms. The molecule has 0 saturated carbocycles. The monoisotopic (exact) mass is 354 g/mol. The third kappa shape index (κ3) is 1.89. The minimum absolute atomic E-state index is 0.933. The second-order valence-electron chi connectivity index (χ2n) is 6.64. The Morgan fingerprint density at radius 3 is 2.04 bits per heavy atom. The fourth-order valence-corrected chi connectivity index (χ4v) is 4.36. The van der Waals surface area contributed by atoms with Gasteiger partial charge in [0, 0.05) is 10.8 Å². The molecule has 0 atom stereocenters. The van der Waals surface area contributed by atoms with Crippen LogP contribution in [0.4, 0.5) is 0 Å². The van der Waals surface area contributed by atoms with E-state index >= 15 is 0 Å². The average Bonchev–Trinajstić information content (AvgIpc) is 3.29. The lowest BCUT2D eigenvalue weighted by atomic mass is 9.96. The lowest BCUT2D eigenvalue weighted by Crippen LogP contribution is -1.81. The van der Waals surface area contributed by atoms with E-state index in [2.05, 4.69) is 54.6 Å². The zero-order valence-electron chi connectivity index (χ0n) is 14.1. The lowest BCUT2D eigenvalue weighted by Gasteiger charge is -2.08. The first-order valence-electron chi connectivity index (χ1n) is 8.54. The van der Waals surface area contributed by atoms with Crippen molar-refractivity contribution in [1.29, 1.82) is 0 Å². The quantitative estimate of drug-likeness (QED) is 0.228. The Morgan fingerprint density at radius 1 is 0.615 bits per heavy atom. The van der Waals surface area contributed by atoms with E-state index in [4.69, 9.17) is 8.83 Å². The lowest BCUT2D eigenvalue weighted by molar-refractivity contribution is 0.516. The van der Waals surface area contributed by atoms with E-state index in [0.29, 0.717) is 0 Å². The van der Waals surface area contributed by atoms with Gasteiger partial charge in [0.25, 0.3) is 0 Å². The summed E-state index contributed by atoms with van der Waals surface area (Å²) in [6, 6.07) is 21.7. The molecule has 0 saturated heterocycles. The first-order chi connectivity index (χ1) is 12.8. The smallest absolute Gasteiger partial charge is 0.161 e. The maximum absolute atomic E-state index is 5.90. The molecule has 2 heterocycles. The normalized spacial score (nSPS) is 12.2. The molecule has 6 rings (SSSR count). The van der Waals surface area contributed by atoms with Crippen LogP contribution in [0.25, 0.3) is 54.3 Å². The predicted molar refractivity (Wildman–Crippen MR) is 110 cm³/mol. The molecular formula is C23H14O2S. The fraction of sp³-hybridized carbons (Fsp3) is 0.0435. The Morgan fingerprint density at radius 2 is 1.31 bits per heavy atom. The number of furan rings is 2. The third-order valence-electron chi connectivity index (χ3n) is 5.22. The van der Waals surface area contributed by atoms with Crippen LogP contribution >= 0.6 is 11.8 Å². The Bertz CT molecular complexity index is 1470. The summed E-state index contributed by atoms with van der Waals surface area (Å²) in [4.78, 5) is 0. The van der Waals surface area contributed by atoms with E-state index < -0.39 is 0 Å². The Balaban J connectivity index is 1.77. The van der Waals surface area contributed by atoms with Gasteiger partial charge in [-0.3, -0.25) is 0 Å². The van der Waals surface area contributed by atoms with Gasteiger partial charge in [0.05, 0.1) is 6.26 Å². The second kappa shape index (κ2) is 5.05. The van der Waals surface area contributed by atoms with Crippen molar-refractivity contribution < 1.29 is 8.83 Å². The van der Waals surface area contributed by atoms with Crippen LogP contribution in [0.5, 0.6) is 0 Å². The van der Waals surface area contributed by atoms with E-state index in [-0.39, 0.29) is 0 Å². The molecule has 0 spiro atoms. The fourth-order valence-electron chi connectivity index (χ4n) is 3.94. The molecule has 124 valence electrons. The van der Waals surface area contributed by atoms with E-state index in [1.807, 2.05) is 12.3 Å². The van der Waals surface area contributed by atoms with Crippen molar-refractivity contribution >= 4 is 66.0 Å². The number of hydrogen-bond acceptors (Lipinski definition) is 3. The summed E-state index contributed by atoms with van der Waals surface area (Å²) in [6.45, 7) is 0. The van der Waals surface area contributed by atoms with Crippen molar-refractivity contribution in [3.05, 3.63) is 66.9 Å². The Labute approximate surface area is 153 Å². The maximum Gasteiger partial charge on any atom is 0.161 e. The maximum atomic E-state index is 5.90. The molecule has 0 aliphatic rings. The van der Waals surface area contributed by atoms with Gasteiger partial charge in [0.2, 0.25) is 0 Å². The van der Waals surface area contributed by atoms with Crippen LogP contribution in [0, 0.1) is 0 Å². The second-order valence-corrected chi connectivity index (χ2v) is 7.45. The number of hydrogen-bond donors (Lipinski definition) is 0. The molecule has 6 aromatic rings. The molecule has 4 aromatic carbocycles. The summed E-state index contributed by atoms with van der Waals surface area (Å²) in [7, 11) is 0. The molecule has 0 fully saturated rings. The molecule has 0 aliphatic heterocycles. The summed E-state index contributed by atoms with van der Waals surface area (Å²) in [5.74, 6) is 0. The molecule has 0 aliphatic carbocycles. The van der Waals surface area contributed by atoms with Crippen LogP contribution in [0.15, 0.2) is 80.9 Å². The number of benzene rings is 4. The first-order valence-corrected chi connectivity index (χ1v) is 9.77. The topological polar surface area (TPSA) is 26.3 Å². The highest BCUT2D eigenvalue weighted by Crippen LogP contribution is 2.36. The molecule has 3 heteroatoms. The van der Waals surface area contributed by atoms with Crippen molar-refractivity contribution in [3.8, 4) is 0 Å². The summed E-state index contributed by atoms with van der Waals surface area (Å²) < 4.78 is 11.5. The van der Waals surface area contributed by atoms with E-state index in [0.717, 1.165) is 27.0 Å². The standard InChI is InChI=1S/C23H14O2S/c1-26-23-12-16-9-20-14(11-22(16)25-23)3-5-17-18(20)4-2-13-10-21-15(6-7-24-21)8-19(13)17/h2-12H,1H3. The van der Waals surface area contributed by atoms with Crippen LogP contribution in [-0.2, 0) is 0 Å². The molecule has 2 aromatic heterocycles. The van der Waals surface area contributed by atoms with Crippen LogP contribution in [0.2, 0.25) is 0 Å². The molecule has 26 heavy (non-hydrogen) atoms. The summed E-state index contributed by atoms with van der Waals surface area (Å²) in [5, 5.41) is 10.7. The van der Waals surface area contributed by atoms with Crippen molar-refractivity contribution in [1.82, 2.24) is 0 Å². The van der Waals surface area contributed by atoms with E-state index in [1.54, 1.807) is 18.0 Å². The van der Waals surface area contributed by atoms with Crippen LogP contribution in [0.3, 0.4) is 0 Å². The molecular weight excluding hydrogens is 340 g/mol. The molecule has 0 N–H and O–H groups in total. The molecule has 0 unspecified atom stereocenters. The number of thioether (sulfide) groups is 1. The Kier molecular flexibility index (Phi) is 2.78. The summed E-state index contributed by atoms with van der Waals surface area (Å²) in [6.07, 6.45) is 3.79. The van der Waals surface area contributed by atoms with Gasteiger partial charge < -0.3 is 8.83 Å². The third-order valence-corrected chi connectivity index (χ3v) is 5.82. The van der Waals surface area contributed by atoms with E-state index in [1.165, 1.54) is 32.3 Å². The van der Waals surface area contributed by atoms with Crippen molar-refractivity contribution in [2.45, 2.75) is 5.09 Å². The minimum atomic E-state index is 0.933. The van der Waals surface area contributed by atoms with Gasteiger partial charge in [-0.1, -0.05) is 36.0 Å². The van der Waals surface area contributed by atoms with Gasteiger partial charge in [-0.05, 0) is 75.0 Å². The molecule has 0 radical (unpaired) electrons. The number of fused-ring (bicyclic) bond motifs is 7. The average molecular weight is 354 g/mol. The van der Waals surface area contributed by atoms with Gasteiger partial charge >= 0.3 is 0 Å². The van der Waals surface area contributed by atoms with Crippen LogP contribution in [-0.4, -0.2) is 6.26 Å². The van der Waals surface area contributed by atoms with Crippen LogP contribution < -0.4 is 0 Å². The number of rotatable bonds is 1. The first kappa shape index (κ1) is 14.3. The van der Waals surface area contributed by atoms with E-state index in [9.17, 15) is 0 Å². The summed E-state index contributed by atoms with van der Waals surface area (Å²) >= 11 is 1.63. The molecule has 0 amide bonds.